The van der Waals surface area contributed by atoms with Crippen molar-refractivity contribution in [2.24, 2.45) is 0 Å². The number of hydrogen-bond acceptors (Lipinski definition) is 3. The van der Waals surface area contributed by atoms with E-state index in [1.807, 2.05) is 6.92 Å². The van der Waals surface area contributed by atoms with E-state index in [1.54, 1.807) is 27.7 Å². The van der Waals surface area contributed by atoms with Gasteiger partial charge in [-0.2, -0.15) is 5.10 Å². The van der Waals surface area contributed by atoms with Gasteiger partial charge in [-0.1, -0.05) is 0 Å². The number of rotatable bonds is 4. The van der Waals surface area contributed by atoms with Crippen molar-refractivity contribution < 1.29 is 9.90 Å². The van der Waals surface area contributed by atoms with E-state index in [-0.39, 0.29) is 5.56 Å². The number of carbonyl (C=O) groups is 1. The Morgan fingerprint density at radius 2 is 2.38 bits per heavy atom. The average Bonchev–Trinajstić information content (AvgIpc) is 2.87. The second-order valence-corrected chi connectivity index (χ2v) is 3.37. The van der Waals surface area contributed by atoms with Crippen LogP contribution in [0.5, 0.6) is 0 Å². The molecule has 0 radical (unpaired) electrons. The molecule has 0 aromatic carbocycles. The quantitative estimate of drug-likeness (QED) is 0.828. The van der Waals surface area contributed by atoms with E-state index in [0.29, 0.717) is 6.54 Å². The molecule has 2 heterocycles. The van der Waals surface area contributed by atoms with Gasteiger partial charge in [0.2, 0.25) is 0 Å². The summed E-state index contributed by atoms with van der Waals surface area (Å²) in [5.74, 6) is -0.106. The van der Waals surface area contributed by atoms with Gasteiger partial charge in [0.05, 0.1) is 12.1 Å². The maximum absolute atomic E-state index is 10.7. The number of hydrogen-bond donors (Lipinski definition) is 1. The van der Waals surface area contributed by atoms with Crippen LogP contribution in [0, 0.1) is 0 Å². The van der Waals surface area contributed by atoms with Gasteiger partial charge < -0.3 is 9.67 Å². The number of nitrogens with zero attached hydrogens (tertiary/aromatic N) is 4. The summed E-state index contributed by atoms with van der Waals surface area (Å²) >= 11 is 0. The smallest absolute Gasteiger partial charge is 0.337 e. The Hall–Kier alpha value is -2.11. The van der Waals surface area contributed by atoms with Crippen LogP contribution in [0.4, 0.5) is 0 Å². The normalized spacial score (nSPS) is 10.6. The van der Waals surface area contributed by atoms with Crippen molar-refractivity contribution in [1.29, 1.82) is 0 Å². The molecule has 0 atom stereocenters. The van der Waals surface area contributed by atoms with Crippen molar-refractivity contribution in [3.8, 4) is 0 Å². The molecule has 0 fully saturated rings. The molecule has 0 saturated heterocycles. The molecule has 1 N–H and O–H groups in total. The van der Waals surface area contributed by atoms with Crippen LogP contribution in [0.25, 0.3) is 0 Å². The minimum atomic E-state index is -0.921. The van der Waals surface area contributed by atoms with Gasteiger partial charge in [0, 0.05) is 18.9 Å². The van der Waals surface area contributed by atoms with E-state index in [9.17, 15) is 4.79 Å². The first-order valence-electron chi connectivity index (χ1n) is 4.96. The molecule has 0 saturated carbocycles. The van der Waals surface area contributed by atoms with E-state index < -0.39 is 5.97 Å². The van der Waals surface area contributed by atoms with Gasteiger partial charge in [0.1, 0.15) is 12.2 Å². The van der Waals surface area contributed by atoms with Gasteiger partial charge in [-0.05, 0) is 13.0 Å². The molecule has 16 heavy (non-hydrogen) atoms. The first kappa shape index (κ1) is 10.4. The summed E-state index contributed by atoms with van der Waals surface area (Å²) in [4.78, 5) is 14.8. The summed E-state index contributed by atoms with van der Waals surface area (Å²) in [5, 5.41) is 12.8. The van der Waals surface area contributed by atoms with Crippen molar-refractivity contribution >= 4 is 5.97 Å². The minimum absolute atomic E-state index is 0.280. The van der Waals surface area contributed by atoms with Crippen LogP contribution >= 0.6 is 0 Å². The van der Waals surface area contributed by atoms with Crippen molar-refractivity contribution in [2.45, 2.75) is 20.0 Å². The van der Waals surface area contributed by atoms with Crippen LogP contribution < -0.4 is 0 Å². The first-order chi connectivity index (χ1) is 7.70. The fraction of sp³-hybridized carbons (Fsp3) is 0.300. The zero-order valence-corrected chi connectivity index (χ0v) is 8.87. The fourth-order valence-corrected chi connectivity index (χ4v) is 1.50. The van der Waals surface area contributed by atoms with Crippen LogP contribution in [-0.4, -0.2) is 30.4 Å². The zero-order valence-electron chi connectivity index (χ0n) is 8.87. The number of carboxylic acid groups (broad SMARTS) is 1. The minimum Gasteiger partial charge on any atom is -0.478 e. The summed E-state index contributed by atoms with van der Waals surface area (Å²) < 4.78 is 3.56. The molecule has 0 aliphatic rings. The van der Waals surface area contributed by atoms with Crippen molar-refractivity contribution in [1.82, 2.24) is 19.3 Å². The van der Waals surface area contributed by atoms with Gasteiger partial charge >= 0.3 is 5.97 Å². The number of aromatic nitrogens is 4. The van der Waals surface area contributed by atoms with Crippen molar-refractivity contribution in [3.05, 3.63) is 36.2 Å². The zero-order chi connectivity index (χ0) is 11.5. The van der Waals surface area contributed by atoms with E-state index in [2.05, 4.69) is 10.1 Å². The molecule has 0 bridgehead atoms. The second kappa shape index (κ2) is 4.18. The van der Waals surface area contributed by atoms with Crippen LogP contribution in [-0.2, 0) is 13.1 Å². The van der Waals surface area contributed by atoms with Gasteiger partial charge in [-0.15, -0.1) is 0 Å². The van der Waals surface area contributed by atoms with Gasteiger partial charge in [0.25, 0.3) is 0 Å². The summed E-state index contributed by atoms with van der Waals surface area (Å²) in [5.41, 5.74) is 0.280. The lowest BCUT2D eigenvalue weighted by Crippen LogP contribution is -2.08. The summed E-state index contributed by atoms with van der Waals surface area (Å²) in [6.07, 6.45) is 4.80. The highest BCUT2D eigenvalue weighted by Crippen LogP contribution is 2.04. The number of aryl methyl sites for hydroxylation is 1. The Balaban J connectivity index is 2.17. The third-order valence-electron chi connectivity index (χ3n) is 2.32. The molecule has 84 valence electrons. The largest absolute Gasteiger partial charge is 0.478 e. The van der Waals surface area contributed by atoms with Crippen molar-refractivity contribution in [3.63, 3.8) is 0 Å². The lowest BCUT2D eigenvalue weighted by Gasteiger charge is -2.03. The molecule has 0 spiro atoms. The molecular weight excluding hydrogens is 208 g/mol. The molecule has 0 unspecified atom stereocenters. The molecule has 0 aliphatic heterocycles. The van der Waals surface area contributed by atoms with Crippen LogP contribution in [0.2, 0.25) is 0 Å². The van der Waals surface area contributed by atoms with Crippen LogP contribution in [0.15, 0.2) is 24.8 Å². The molecule has 2 aromatic heterocycles. The summed E-state index contributed by atoms with van der Waals surface area (Å²) in [6, 6.07) is 1.56. The summed E-state index contributed by atoms with van der Waals surface area (Å²) in [6.45, 7) is 3.26. The lowest BCUT2D eigenvalue weighted by atomic mass is 10.4. The molecule has 2 rings (SSSR count). The first-order valence-corrected chi connectivity index (χ1v) is 4.96. The Morgan fingerprint density at radius 3 is 3.00 bits per heavy atom. The molecule has 6 heteroatoms. The second-order valence-electron chi connectivity index (χ2n) is 3.37. The third kappa shape index (κ3) is 1.95. The fourth-order valence-electron chi connectivity index (χ4n) is 1.50. The van der Waals surface area contributed by atoms with Gasteiger partial charge in [-0.3, -0.25) is 0 Å². The van der Waals surface area contributed by atoms with Crippen molar-refractivity contribution in [2.75, 3.05) is 0 Å². The maximum Gasteiger partial charge on any atom is 0.337 e. The van der Waals surface area contributed by atoms with Gasteiger partial charge in [-0.25, -0.2) is 14.5 Å². The number of carboxylic acids is 1. The maximum atomic E-state index is 10.7. The Morgan fingerprint density at radius 1 is 1.56 bits per heavy atom. The van der Waals surface area contributed by atoms with E-state index >= 15 is 0 Å². The molecule has 0 aliphatic carbocycles. The Bertz CT molecular complexity index is 500. The van der Waals surface area contributed by atoms with Crippen LogP contribution in [0.1, 0.15) is 23.1 Å². The lowest BCUT2D eigenvalue weighted by molar-refractivity contribution is 0.0697. The highest BCUT2D eigenvalue weighted by atomic mass is 16.4. The molecular formula is C10H12N4O2. The van der Waals surface area contributed by atoms with E-state index in [1.165, 1.54) is 6.33 Å². The van der Waals surface area contributed by atoms with Crippen LogP contribution in [0.3, 0.4) is 0 Å². The standard InChI is InChI=1S/C10H12N4O2/c1-2-14-9(11-7-12-14)6-13-4-3-8(5-13)10(15)16/h3-5,7H,2,6H2,1H3,(H,15,16). The van der Waals surface area contributed by atoms with Gasteiger partial charge in [0.15, 0.2) is 0 Å². The van der Waals surface area contributed by atoms with E-state index in [4.69, 9.17) is 5.11 Å². The topological polar surface area (TPSA) is 72.9 Å². The Kier molecular flexibility index (Phi) is 2.72. The Labute approximate surface area is 92.2 Å². The third-order valence-corrected chi connectivity index (χ3v) is 2.32. The predicted molar refractivity (Wildman–Crippen MR) is 56.2 cm³/mol. The average molecular weight is 220 g/mol. The SMILES string of the molecule is CCn1ncnc1Cn1ccc(C(=O)O)c1. The predicted octanol–water partition coefficient (Wildman–Crippen LogP) is 0.846. The molecule has 0 amide bonds. The summed E-state index contributed by atoms with van der Waals surface area (Å²) in [7, 11) is 0. The highest BCUT2D eigenvalue weighted by molar-refractivity contribution is 5.87. The molecule has 2 aromatic rings. The molecule has 6 nitrogen and oxygen atoms in total. The highest BCUT2D eigenvalue weighted by Gasteiger charge is 2.07. The van der Waals surface area contributed by atoms with E-state index in [0.717, 1.165) is 12.4 Å². The monoisotopic (exact) mass is 220 g/mol. The number of aromatic carboxylic acids is 1.